The summed E-state index contributed by atoms with van der Waals surface area (Å²) in [6.45, 7) is 4.68. The number of hydrogen-bond donors (Lipinski definition) is 2. The van der Waals surface area contributed by atoms with E-state index in [-0.39, 0.29) is 32.2 Å². The normalized spacial score (nSPS) is 20.7. The Bertz CT molecular complexity index is 1130. The standard InChI is InChI=1S/C27H44N4O8S/c1-6-7-12-30(13-8-11-29(2)3)24(32)17-31-16-20(19-14-22(37-4)26-23(15-19)38-18-39-26)25(27(33)34)21(31)9-10-28-40(5,35)36/h14-15,20-21,25,28H,6-13,16-18H2,1-5H3,(H,33,34)/t20-,21+,25-/m1/s1. The minimum Gasteiger partial charge on any atom is -0.493 e. The summed E-state index contributed by atoms with van der Waals surface area (Å²) in [6.07, 6.45) is 3.98. The Morgan fingerprint density at radius 1 is 1.18 bits per heavy atom. The van der Waals surface area contributed by atoms with Crippen LogP contribution in [0.2, 0.25) is 0 Å². The minimum atomic E-state index is -3.46. The third kappa shape index (κ3) is 8.45. The number of likely N-dealkylation sites (tertiary alicyclic amines) is 1. The van der Waals surface area contributed by atoms with Crippen molar-refractivity contribution in [2.75, 3.05) is 73.5 Å². The van der Waals surface area contributed by atoms with E-state index in [1.165, 1.54) is 7.11 Å². The molecule has 2 N–H and O–H groups in total. The van der Waals surface area contributed by atoms with Crippen LogP contribution < -0.4 is 18.9 Å². The summed E-state index contributed by atoms with van der Waals surface area (Å²) in [5, 5.41) is 10.4. The first-order chi connectivity index (χ1) is 18.9. The number of unbranched alkanes of at least 4 members (excludes halogenated alkanes) is 1. The van der Waals surface area contributed by atoms with E-state index >= 15 is 0 Å². The van der Waals surface area contributed by atoms with Crippen LogP contribution in [0.4, 0.5) is 0 Å². The minimum absolute atomic E-state index is 0.0456. The molecule has 0 aliphatic carbocycles. The molecule has 3 rings (SSSR count). The largest absolute Gasteiger partial charge is 0.493 e. The third-order valence-corrected chi connectivity index (χ3v) is 8.18. The highest BCUT2D eigenvalue weighted by atomic mass is 32.2. The molecule has 2 aliphatic heterocycles. The number of rotatable bonds is 16. The smallest absolute Gasteiger partial charge is 0.308 e. The molecule has 2 aliphatic rings. The zero-order chi connectivity index (χ0) is 29.4. The molecule has 0 aromatic heterocycles. The molecular weight excluding hydrogens is 540 g/mol. The number of carboxylic acid groups (broad SMARTS) is 1. The van der Waals surface area contributed by atoms with Crippen LogP contribution in [-0.2, 0) is 19.6 Å². The van der Waals surface area contributed by atoms with Gasteiger partial charge in [-0.1, -0.05) is 13.3 Å². The summed E-state index contributed by atoms with van der Waals surface area (Å²) in [5.41, 5.74) is 0.707. The average molecular weight is 585 g/mol. The Balaban J connectivity index is 1.89. The number of nitrogens with one attached hydrogen (secondary N) is 1. The van der Waals surface area contributed by atoms with Crippen LogP contribution in [0.25, 0.3) is 0 Å². The van der Waals surface area contributed by atoms with Crippen LogP contribution in [0.1, 0.15) is 44.1 Å². The number of methoxy groups -OCH3 is 1. The molecule has 1 amide bonds. The van der Waals surface area contributed by atoms with Gasteiger partial charge in [0.25, 0.3) is 0 Å². The summed E-state index contributed by atoms with van der Waals surface area (Å²) in [7, 11) is 2.04. The first kappa shape index (κ1) is 31.9. The highest BCUT2D eigenvalue weighted by Gasteiger charge is 2.47. The van der Waals surface area contributed by atoms with Gasteiger partial charge in [0.15, 0.2) is 11.5 Å². The SMILES string of the molecule is CCCCN(CCCN(C)C)C(=O)CN1C[C@H](c2cc(OC)c3c(c2)OCO3)[C@@H](C(=O)O)[C@@H]1CCNS(C)(=O)=O. The monoisotopic (exact) mass is 584 g/mol. The highest BCUT2D eigenvalue weighted by Crippen LogP contribution is 2.47. The average Bonchev–Trinajstić information content (AvgIpc) is 3.49. The Kier molecular flexibility index (Phi) is 11.4. The maximum atomic E-state index is 13.6. The summed E-state index contributed by atoms with van der Waals surface area (Å²) < 4.78 is 42.5. The van der Waals surface area contributed by atoms with Gasteiger partial charge in [-0.2, -0.15) is 0 Å². The molecule has 3 atom stereocenters. The number of sulfonamides is 1. The van der Waals surface area contributed by atoms with Crippen LogP contribution in [0.5, 0.6) is 17.2 Å². The molecule has 1 aromatic rings. The fraction of sp³-hybridized carbons (Fsp3) is 0.704. The van der Waals surface area contributed by atoms with E-state index < -0.39 is 33.9 Å². The predicted octanol–water partition coefficient (Wildman–Crippen LogP) is 1.41. The fourth-order valence-corrected chi connectivity index (χ4v) is 6.00. The van der Waals surface area contributed by atoms with Gasteiger partial charge in [0.1, 0.15) is 0 Å². The number of nitrogens with zero attached hydrogens (tertiary/aromatic N) is 3. The van der Waals surface area contributed by atoms with Crippen molar-refractivity contribution in [3.05, 3.63) is 17.7 Å². The van der Waals surface area contributed by atoms with E-state index in [0.717, 1.165) is 32.1 Å². The molecule has 1 fully saturated rings. The molecular formula is C27H44N4O8S. The van der Waals surface area contributed by atoms with Gasteiger partial charge in [-0.25, -0.2) is 13.1 Å². The van der Waals surface area contributed by atoms with Gasteiger partial charge in [-0.3, -0.25) is 14.5 Å². The molecule has 12 nitrogen and oxygen atoms in total. The highest BCUT2D eigenvalue weighted by molar-refractivity contribution is 7.88. The van der Waals surface area contributed by atoms with Crippen molar-refractivity contribution in [1.29, 1.82) is 0 Å². The number of amides is 1. The molecule has 1 aromatic carbocycles. The van der Waals surface area contributed by atoms with Gasteiger partial charge in [0.2, 0.25) is 28.5 Å². The lowest BCUT2D eigenvalue weighted by Gasteiger charge is -2.30. The van der Waals surface area contributed by atoms with Crippen molar-refractivity contribution in [3.8, 4) is 17.2 Å². The molecule has 226 valence electrons. The van der Waals surface area contributed by atoms with Crippen molar-refractivity contribution in [2.24, 2.45) is 5.92 Å². The lowest BCUT2D eigenvalue weighted by Crippen LogP contribution is -2.46. The number of carbonyl (C=O) groups is 2. The van der Waals surface area contributed by atoms with Crippen molar-refractivity contribution in [3.63, 3.8) is 0 Å². The van der Waals surface area contributed by atoms with E-state index in [4.69, 9.17) is 14.2 Å². The molecule has 0 saturated carbocycles. The number of carbonyl (C=O) groups excluding carboxylic acids is 1. The van der Waals surface area contributed by atoms with E-state index in [9.17, 15) is 23.1 Å². The molecule has 0 unspecified atom stereocenters. The van der Waals surface area contributed by atoms with Crippen LogP contribution >= 0.6 is 0 Å². The van der Waals surface area contributed by atoms with Gasteiger partial charge in [-0.05, 0) is 57.6 Å². The van der Waals surface area contributed by atoms with E-state index in [1.807, 2.05) is 23.9 Å². The Hall–Kier alpha value is -2.61. The topological polar surface area (TPSA) is 138 Å². The number of benzene rings is 1. The molecule has 2 heterocycles. The summed E-state index contributed by atoms with van der Waals surface area (Å²) in [6, 6.07) is 2.98. The zero-order valence-electron chi connectivity index (χ0n) is 24.2. The van der Waals surface area contributed by atoms with Crippen molar-refractivity contribution in [2.45, 2.75) is 44.6 Å². The second kappa shape index (κ2) is 14.3. The van der Waals surface area contributed by atoms with Gasteiger partial charge < -0.3 is 29.1 Å². The number of fused-ring (bicyclic) bond motifs is 1. The first-order valence-electron chi connectivity index (χ1n) is 13.8. The molecule has 0 spiro atoms. The van der Waals surface area contributed by atoms with Crippen molar-refractivity contribution in [1.82, 2.24) is 19.4 Å². The zero-order valence-corrected chi connectivity index (χ0v) is 25.0. The van der Waals surface area contributed by atoms with Crippen LogP contribution in [0.3, 0.4) is 0 Å². The second-order valence-electron chi connectivity index (χ2n) is 10.8. The maximum Gasteiger partial charge on any atom is 0.308 e. The van der Waals surface area contributed by atoms with Crippen molar-refractivity contribution >= 4 is 21.9 Å². The fourth-order valence-electron chi connectivity index (χ4n) is 5.51. The first-order valence-corrected chi connectivity index (χ1v) is 15.7. The van der Waals surface area contributed by atoms with E-state index in [2.05, 4.69) is 16.5 Å². The van der Waals surface area contributed by atoms with Gasteiger partial charge >= 0.3 is 5.97 Å². The molecule has 0 bridgehead atoms. The van der Waals surface area contributed by atoms with Crippen LogP contribution in [-0.4, -0.2) is 120 Å². The number of hydrogen-bond acceptors (Lipinski definition) is 9. The quantitative estimate of drug-likeness (QED) is 0.293. The lowest BCUT2D eigenvalue weighted by atomic mass is 9.84. The molecule has 40 heavy (non-hydrogen) atoms. The van der Waals surface area contributed by atoms with E-state index in [1.54, 1.807) is 12.1 Å². The second-order valence-corrected chi connectivity index (χ2v) is 12.6. The summed E-state index contributed by atoms with van der Waals surface area (Å²) in [5.74, 6) is -1.01. The Labute approximate surface area is 237 Å². The number of carboxylic acids is 1. The number of ether oxygens (including phenoxy) is 3. The maximum absolute atomic E-state index is 13.6. The van der Waals surface area contributed by atoms with Gasteiger partial charge in [0.05, 0.1) is 25.8 Å². The molecule has 13 heteroatoms. The predicted molar refractivity (Wildman–Crippen MR) is 150 cm³/mol. The van der Waals surface area contributed by atoms with Crippen LogP contribution in [0, 0.1) is 5.92 Å². The van der Waals surface area contributed by atoms with Crippen molar-refractivity contribution < 1.29 is 37.3 Å². The lowest BCUT2D eigenvalue weighted by molar-refractivity contribution is -0.143. The van der Waals surface area contributed by atoms with Gasteiger partial charge in [-0.15, -0.1) is 0 Å². The van der Waals surface area contributed by atoms with E-state index in [0.29, 0.717) is 42.4 Å². The van der Waals surface area contributed by atoms with Crippen LogP contribution in [0.15, 0.2) is 12.1 Å². The Morgan fingerprint density at radius 3 is 2.52 bits per heavy atom. The summed E-state index contributed by atoms with van der Waals surface area (Å²) >= 11 is 0. The summed E-state index contributed by atoms with van der Waals surface area (Å²) in [4.78, 5) is 32.1. The third-order valence-electron chi connectivity index (χ3n) is 7.45. The molecule has 0 radical (unpaired) electrons. The molecule has 1 saturated heterocycles. The Morgan fingerprint density at radius 2 is 1.90 bits per heavy atom. The van der Waals surface area contributed by atoms with Gasteiger partial charge in [0, 0.05) is 38.1 Å². The number of aliphatic carboxylic acids is 1.